The number of hydrogen-bond acceptors (Lipinski definition) is 6. The number of rotatable bonds is 2. The molecule has 0 saturated carbocycles. The second-order valence-corrected chi connectivity index (χ2v) is 10.2. The Balaban J connectivity index is 1.54. The van der Waals surface area contributed by atoms with E-state index in [1.165, 1.54) is 0 Å². The molecule has 0 unspecified atom stereocenters. The quantitative estimate of drug-likeness (QED) is 0.534. The van der Waals surface area contributed by atoms with Gasteiger partial charge in [0.2, 0.25) is 0 Å². The second kappa shape index (κ2) is 8.96. The number of piperazine rings is 1. The topological polar surface area (TPSA) is 95.4 Å². The minimum atomic E-state index is -0.544. The van der Waals surface area contributed by atoms with Crippen molar-refractivity contribution in [2.45, 2.75) is 39.3 Å². The molecule has 9 heteroatoms. The number of ether oxygens (including phenoxy) is 2. The summed E-state index contributed by atoms with van der Waals surface area (Å²) in [6.45, 7) is 13.6. The van der Waals surface area contributed by atoms with Gasteiger partial charge in [0.1, 0.15) is 23.8 Å². The van der Waals surface area contributed by atoms with E-state index in [9.17, 15) is 4.79 Å². The molecule has 0 radical (unpaired) electrons. The molecule has 1 fully saturated rings. The smallest absolute Gasteiger partial charge is 0.410 e. The van der Waals surface area contributed by atoms with Gasteiger partial charge in [0.15, 0.2) is 0 Å². The maximum absolute atomic E-state index is 12.7. The summed E-state index contributed by atoms with van der Waals surface area (Å²) >= 11 is 0. The number of aryl methyl sites for hydroxylation is 1. The predicted molar refractivity (Wildman–Crippen MR) is 142 cm³/mol. The zero-order valence-corrected chi connectivity index (χ0v) is 21.5. The van der Waals surface area contributed by atoms with E-state index in [-0.39, 0.29) is 12.1 Å². The largest absolute Gasteiger partial charge is 0.490 e. The lowest BCUT2D eigenvalue weighted by Crippen LogP contribution is -2.58. The number of carbonyl (C=O) groups is 1. The van der Waals surface area contributed by atoms with Gasteiger partial charge in [0, 0.05) is 32.1 Å². The fourth-order valence-electron chi connectivity index (χ4n) is 5.06. The van der Waals surface area contributed by atoms with Crippen molar-refractivity contribution < 1.29 is 14.3 Å². The number of aromatic amines is 1. The van der Waals surface area contributed by atoms with Crippen molar-refractivity contribution in [2.75, 3.05) is 33.3 Å². The number of benzene rings is 2. The van der Waals surface area contributed by atoms with Crippen molar-refractivity contribution in [1.82, 2.24) is 20.0 Å². The summed E-state index contributed by atoms with van der Waals surface area (Å²) in [5.74, 6) is 1.50. The Labute approximate surface area is 210 Å². The number of amides is 1. The fourth-order valence-corrected chi connectivity index (χ4v) is 5.06. The third kappa shape index (κ3) is 4.19. The molecule has 1 saturated heterocycles. The normalized spacial score (nSPS) is 18.9. The first-order valence-electron chi connectivity index (χ1n) is 12.1. The van der Waals surface area contributed by atoms with Crippen molar-refractivity contribution in [3.05, 3.63) is 41.6 Å². The molecule has 188 valence electrons. The van der Waals surface area contributed by atoms with Crippen LogP contribution in [0.25, 0.3) is 22.0 Å². The highest BCUT2D eigenvalue weighted by atomic mass is 16.6. The third-order valence-corrected chi connectivity index (χ3v) is 6.65. The Hall–Kier alpha value is -3.88. The number of aromatic nitrogens is 2. The molecule has 0 spiro atoms. The van der Waals surface area contributed by atoms with Crippen molar-refractivity contribution in [1.29, 1.82) is 0 Å². The van der Waals surface area contributed by atoms with Crippen LogP contribution >= 0.6 is 0 Å². The van der Waals surface area contributed by atoms with Crippen LogP contribution in [-0.2, 0) is 4.74 Å². The summed E-state index contributed by atoms with van der Waals surface area (Å²) in [5, 5.41) is 8.32. The average molecular weight is 489 g/mol. The summed E-state index contributed by atoms with van der Waals surface area (Å²) in [6, 6.07) is 8.12. The summed E-state index contributed by atoms with van der Waals surface area (Å²) in [6.07, 6.45) is 1.54. The molecule has 1 N–H and O–H groups in total. The van der Waals surface area contributed by atoms with E-state index in [2.05, 4.69) is 44.8 Å². The summed E-state index contributed by atoms with van der Waals surface area (Å²) in [7, 11) is 1.78. The van der Waals surface area contributed by atoms with Gasteiger partial charge in [-0.3, -0.25) is 15.1 Å². The number of H-pyrrole nitrogens is 1. The molecule has 2 aromatic carbocycles. The number of aliphatic imine (C=N–C) groups is 2. The Bertz CT molecular complexity index is 1370. The van der Waals surface area contributed by atoms with Crippen molar-refractivity contribution >= 4 is 35.2 Å². The molecular formula is C27H32N6O3. The zero-order valence-electron chi connectivity index (χ0n) is 21.5. The molecule has 1 amide bonds. The first-order valence-corrected chi connectivity index (χ1v) is 12.1. The van der Waals surface area contributed by atoms with Gasteiger partial charge in [0.05, 0.1) is 29.0 Å². The molecule has 0 aliphatic carbocycles. The number of hydrogen-bond donors (Lipinski definition) is 1. The number of nitrogens with zero attached hydrogens (tertiary/aromatic N) is 5. The first kappa shape index (κ1) is 23.8. The predicted octanol–water partition coefficient (Wildman–Crippen LogP) is 4.56. The van der Waals surface area contributed by atoms with E-state index >= 15 is 0 Å². The van der Waals surface area contributed by atoms with E-state index in [0.29, 0.717) is 37.7 Å². The Morgan fingerprint density at radius 1 is 1.25 bits per heavy atom. The highest BCUT2D eigenvalue weighted by molar-refractivity contribution is 6.08. The van der Waals surface area contributed by atoms with Crippen LogP contribution in [0.1, 0.15) is 31.9 Å². The number of fused-ring (bicyclic) bond motifs is 3. The molecule has 1 aromatic heterocycles. The van der Waals surface area contributed by atoms with Crippen molar-refractivity contribution in [3.63, 3.8) is 0 Å². The van der Waals surface area contributed by atoms with Gasteiger partial charge in [-0.25, -0.2) is 4.79 Å². The van der Waals surface area contributed by atoms with Crippen LogP contribution in [0.5, 0.6) is 5.75 Å². The van der Waals surface area contributed by atoms with Crippen LogP contribution in [0.15, 0.2) is 40.4 Å². The standard InChI is InChI=1S/C27H32N6O3/c1-16-7-8-20-19(13-30-31-20)23(16)17-11-21(28-5)24-22(12-17)35-15-18-14-32(26(34)36-27(2,3)4)9-10-33(18)25(24)29-6/h7-8,11-13,18H,5,9-10,14-15H2,1-4,6H3,(H,30,31)/b29-25+/t18-/m1/s1. The van der Waals surface area contributed by atoms with Crippen LogP contribution in [-0.4, -0.2) is 83.6 Å². The second-order valence-electron chi connectivity index (χ2n) is 10.2. The molecule has 2 aliphatic heterocycles. The molecule has 5 rings (SSSR count). The third-order valence-electron chi connectivity index (χ3n) is 6.65. The molecule has 0 bridgehead atoms. The van der Waals surface area contributed by atoms with Crippen LogP contribution in [0.2, 0.25) is 0 Å². The summed E-state index contributed by atoms with van der Waals surface area (Å²) < 4.78 is 12.0. The average Bonchev–Trinajstić information content (AvgIpc) is 3.25. The van der Waals surface area contributed by atoms with E-state index in [1.54, 1.807) is 11.9 Å². The maximum Gasteiger partial charge on any atom is 0.410 e. The molecular weight excluding hydrogens is 456 g/mol. The highest BCUT2D eigenvalue weighted by Crippen LogP contribution is 2.41. The molecule has 2 aliphatic rings. The lowest BCUT2D eigenvalue weighted by molar-refractivity contribution is 0.00910. The Kier molecular flexibility index (Phi) is 5.94. The van der Waals surface area contributed by atoms with Gasteiger partial charge in [-0.15, -0.1) is 0 Å². The van der Waals surface area contributed by atoms with E-state index in [4.69, 9.17) is 9.47 Å². The van der Waals surface area contributed by atoms with Crippen LogP contribution < -0.4 is 4.74 Å². The van der Waals surface area contributed by atoms with Gasteiger partial charge >= 0.3 is 6.09 Å². The van der Waals surface area contributed by atoms with Crippen LogP contribution in [0.3, 0.4) is 0 Å². The van der Waals surface area contributed by atoms with Crippen molar-refractivity contribution in [2.24, 2.45) is 9.98 Å². The van der Waals surface area contributed by atoms with Gasteiger partial charge in [-0.05, 0) is 69.3 Å². The fraction of sp³-hybridized carbons (Fsp3) is 0.407. The Morgan fingerprint density at radius 3 is 2.78 bits per heavy atom. The SMILES string of the molecule is C=Nc1cc(-c2c(C)ccc3[nH]ncc23)cc2c1/C(=N\C)N1CCN(C(=O)OC(C)(C)C)C[C@@H]1CO2. The van der Waals surface area contributed by atoms with Crippen LogP contribution in [0.4, 0.5) is 10.5 Å². The monoisotopic (exact) mass is 488 g/mol. The van der Waals surface area contributed by atoms with Gasteiger partial charge in [-0.1, -0.05) is 6.07 Å². The van der Waals surface area contributed by atoms with Crippen LogP contribution in [0, 0.1) is 6.92 Å². The lowest BCUT2D eigenvalue weighted by Gasteiger charge is -2.41. The molecule has 3 heterocycles. The highest BCUT2D eigenvalue weighted by Gasteiger charge is 2.38. The van der Waals surface area contributed by atoms with E-state index < -0.39 is 5.60 Å². The number of amidine groups is 1. The number of carbonyl (C=O) groups excluding carboxylic acids is 1. The van der Waals surface area contributed by atoms with Gasteiger partial charge in [-0.2, -0.15) is 5.10 Å². The van der Waals surface area contributed by atoms with Gasteiger partial charge in [0.25, 0.3) is 0 Å². The minimum Gasteiger partial charge on any atom is -0.490 e. The van der Waals surface area contributed by atoms with Gasteiger partial charge < -0.3 is 19.3 Å². The van der Waals surface area contributed by atoms with E-state index in [1.807, 2.05) is 45.2 Å². The molecule has 1 atom stereocenters. The maximum atomic E-state index is 12.7. The summed E-state index contributed by atoms with van der Waals surface area (Å²) in [4.78, 5) is 25.7. The first-order chi connectivity index (χ1) is 17.2. The summed E-state index contributed by atoms with van der Waals surface area (Å²) in [5.41, 5.74) is 5.13. The number of nitrogens with one attached hydrogen (secondary N) is 1. The van der Waals surface area contributed by atoms with Crippen molar-refractivity contribution in [3.8, 4) is 16.9 Å². The minimum absolute atomic E-state index is 0.0717. The van der Waals surface area contributed by atoms with E-state index in [0.717, 1.165) is 39.0 Å². The molecule has 9 nitrogen and oxygen atoms in total. The molecule has 3 aromatic rings. The lowest BCUT2D eigenvalue weighted by atomic mass is 9.94. The Morgan fingerprint density at radius 2 is 2.06 bits per heavy atom. The zero-order chi connectivity index (χ0) is 25.6. The molecule has 36 heavy (non-hydrogen) atoms.